The SMILES string of the molecule is O=C1Cc2c(N3c4cc(-c5ccc(F)c(Cl)c5)c(=O)[nH]c4C34CC4)ccnc2N1. The molecule has 0 radical (unpaired) electrons. The molecule has 2 N–H and O–H groups in total. The van der Waals surface area contributed by atoms with Crippen molar-refractivity contribution in [3.8, 4) is 11.1 Å². The number of pyridine rings is 2. The molecule has 0 bridgehead atoms. The zero-order chi connectivity index (χ0) is 19.9. The van der Waals surface area contributed by atoms with Crippen molar-refractivity contribution < 1.29 is 9.18 Å². The van der Waals surface area contributed by atoms with Crippen molar-refractivity contribution in [1.29, 1.82) is 0 Å². The number of anilines is 3. The lowest BCUT2D eigenvalue weighted by Crippen LogP contribution is -2.44. The van der Waals surface area contributed by atoms with Crippen LogP contribution in [0.5, 0.6) is 0 Å². The largest absolute Gasteiger partial charge is 0.328 e. The van der Waals surface area contributed by atoms with Crippen molar-refractivity contribution in [2.24, 2.45) is 0 Å². The lowest BCUT2D eigenvalue weighted by atomic mass is 9.91. The fraction of sp³-hybridized carbons (Fsp3) is 0.190. The lowest BCUT2D eigenvalue weighted by molar-refractivity contribution is -0.115. The first kappa shape index (κ1) is 16.7. The van der Waals surface area contributed by atoms with Gasteiger partial charge < -0.3 is 15.2 Å². The zero-order valence-corrected chi connectivity index (χ0v) is 15.8. The summed E-state index contributed by atoms with van der Waals surface area (Å²) in [6.07, 6.45) is 3.82. The van der Waals surface area contributed by atoms with E-state index in [4.69, 9.17) is 11.6 Å². The van der Waals surface area contributed by atoms with Gasteiger partial charge in [-0.15, -0.1) is 0 Å². The Morgan fingerprint density at radius 2 is 1.97 bits per heavy atom. The number of carbonyl (C=O) groups excluding carboxylic acids is 1. The van der Waals surface area contributed by atoms with Crippen molar-refractivity contribution in [1.82, 2.24) is 9.97 Å². The highest BCUT2D eigenvalue weighted by molar-refractivity contribution is 6.31. The molecule has 3 aromatic rings. The summed E-state index contributed by atoms with van der Waals surface area (Å²) in [6, 6.07) is 7.97. The van der Waals surface area contributed by atoms with Crippen LogP contribution in [-0.2, 0) is 16.8 Å². The highest BCUT2D eigenvalue weighted by Crippen LogP contribution is 2.65. The number of hydrogen-bond acceptors (Lipinski definition) is 4. The molecule has 0 unspecified atom stereocenters. The standard InChI is InChI=1S/C21H14ClFN4O2/c22-13-7-10(1-2-14(13)23)11-8-16-18(26-20(11)29)21(4-5-21)27(16)15-3-6-24-19-12(15)9-17(28)25-19/h1-3,6-8H,4-5,9H2,(H,26,29)(H,24,25,28). The summed E-state index contributed by atoms with van der Waals surface area (Å²) in [5, 5.41) is 2.75. The predicted molar refractivity (Wildman–Crippen MR) is 107 cm³/mol. The summed E-state index contributed by atoms with van der Waals surface area (Å²) in [5.41, 5.74) is 4.09. The molecule has 144 valence electrons. The summed E-state index contributed by atoms with van der Waals surface area (Å²) < 4.78 is 13.6. The molecular weight excluding hydrogens is 395 g/mol. The quantitative estimate of drug-likeness (QED) is 0.674. The molecule has 4 heterocycles. The third kappa shape index (κ3) is 2.19. The van der Waals surface area contributed by atoms with Gasteiger partial charge in [0, 0.05) is 17.3 Å². The Hall–Kier alpha value is -3.19. The fourth-order valence-corrected chi connectivity index (χ4v) is 4.66. The average molecular weight is 409 g/mol. The fourth-order valence-electron chi connectivity index (χ4n) is 4.48. The maximum absolute atomic E-state index is 13.6. The third-order valence-electron chi connectivity index (χ3n) is 5.98. The van der Waals surface area contributed by atoms with Crippen LogP contribution in [-0.4, -0.2) is 15.9 Å². The number of halogens is 2. The van der Waals surface area contributed by atoms with E-state index in [9.17, 15) is 14.0 Å². The summed E-state index contributed by atoms with van der Waals surface area (Å²) in [5.74, 6) is -0.0146. The smallest absolute Gasteiger partial charge is 0.256 e. The molecule has 1 amide bonds. The summed E-state index contributed by atoms with van der Waals surface area (Å²) in [7, 11) is 0. The van der Waals surface area contributed by atoms with Gasteiger partial charge in [-0.25, -0.2) is 9.37 Å². The highest BCUT2D eigenvalue weighted by Gasteiger charge is 2.61. The first-order valence-corrected chi connectivity index (χ1v) is 9.67. The van der Waals surface area contributed by atoms with Gasteiger partial charge in [0.15, 0.2) is 0 Å². The van der Waals surface area contributed by atoms with Gasteiger partial charge in [-0.2, -0.15) is 0 Å². The number of aromatic amines is 1. The van der Waals surface area contributed by atoms with Crippen LogP contribution in [0.2, 0.25) is 5.02 Å². The van der Waals surface area contributed by atoms with Crippen molar-refractivity contribution in [3.63, 3.8) is 0 Å². The van der Waals surface area contributed by atoms with Crippen LogP contribution in [0.3, 0.4) is 0 Å². The molecule has 1 aromatic carbocycles. The second kappa shape index (κ2) is 5.45. The molecule has 6 nitrogen and oxygen atoms in total. The van der Waals surface area contributed by atoms with E-state index in [1.165, 1.54) is 12.1 Å². The van der Waals surface area contributed by atoms with Gasteiger partial charge in [0.1, 0.15) is 11.6 Å². The van der Waals surface area contributed by atoms with Gasteiger partial charge in [0.2, 0.25) is 5.91 Å². The number of rotatable bonds is 2. The number of fused-ring (bicyclic) bond motifs is 3. The third-order valence-corrected chi connectivity index (χ3v) is 6.27. The Bertz CT molecular complexity index is 1300. The molecule has 6 rings (SSSR count). The topological polar surface area (TPSA) is 78.1 Å². The minimum atomic E-state index is -0.529. The molecule has 2 aliphatic heterocycles. The Balaban J connectivity index is 1.52. The molecule has 1 saturated carbocycles. The summed E-state index contributed by atoms with van der Waals surface area (Å²) >= 11 is 5.92. The van der Waals surface area contributed by atoms with Gasteiger partial charge >= 0.3 is 0 Å². The summed E-state index contributed by atoms with van der Waals surface area (Å²) in [4.78, 5) is 34.1. The normalized spacial score (nSPS) is 17.6. The van der Waals surface area contributed by atoms with Crippen LogP contribution in [0, 0.1) is 5.82 Å². The predicted octanol–water partition coefficient (Wildman–Crippen LogP) is 3.86. The highest BCUT2D eigenvalue weighted by atomic mass is 35.5. The van der Waals surface area contributed by atoms with Crippen molar-refractivity contribution >= 4 is 34.7 Å². The van der Waals surface area contributed by atoms with E-state index < -0.39 is 5.82 Å². The van der Waals surface area contributed by atoms with Crippen molar-refractivity contribution in [2.75, 3.05) is 10.2 Å². The molecule has 1 spiro atoms. The molecule has 29 heavy (non-hydrogen) atoms. The number of aromatic nitrogens is 2. The van der Waals surface area contributed by atoms with Gasteiger partial charge in [0.25, 0.3) is 5.56 Å². The van der Waals surface area contributed by atoms with E-state index in [0.29, 0.717) is 16.9 Å². The van der Waals surface area contributed by atoms with Crippen LogP contribution < -0.4 is 15.8 Å². The molecule has 1 aliphatic carbocycles. The molecular formula is C21H14ClFN4O2. The van der Waals surface area contributed by atoms with Crippen LogP contribution in [0.1, 0.15) is 24.1 Å². The number of benzene rings is 1. The van der Waals surface area contributed by atoms with Crippen LogP contribution >= 0.6 is 11.6 Å². The average Bonchev–Trinajstić information content (AvgIpc) is 3.42. The second-order valence-electron chi connectivity index (χ2n) is 7.65. The van der Waals surface area contributed by atoms with E-state index in [1.807, 2.05) is 12.1 Å². The van der Waals surface area contributed by atoms with Gasteiger partial charge in [-0.3, -0.25) is 9.59 Å². The summed E-state index contributed by atoms with van der Waals surface area (Å²) in [6.45, 7) is 0. The van der Waals surface area contributed by atoms with E-state index in [1.54, 1.807) is 12.3 Å². The van der Waals surface area contributed by atoms with Crippen LogP contribution in [0.4, 0.5) is 21.6 Å². The van der Waals surface area contributed by atoms with E-state index in [-0.39, 0.29) is 28.4 Å². The first-order chi connectivity index (χ1) is 14.0. The lowest BCUT2D eigenvalue weighted by Gasteiger charge is -2.45. The van der Waals surface area contributed by atoms with Gasteiger partial charge in [-0.1, -0.05) is 17.7 Å². The zero-order valence-electron chi connectivity index (χ0n) is 15.1. The van der Waals surface area contributed by atoms with Gasteiger partial charge in [0.05, 0.1) is 34.1 Å². The number of nitrogens with zero attached hydrogens (tertiary/aromatic N) is 2. The maximum Gasteiger partial charge on any atom is 0.256 e. The molecule has 3 aliphatic rings. The van der Waals surface area contributed by atoms with Crippen LogP contribution in [0.15, 0.2) is 41.3 Å². The molecule has 2 aromatic heterocycles. The Labute approximate surface area is 169 Å². The number of nitrogens with one attached hydrogen (secondary N) is 2. The number of hydrogen-bond donors (Lipinski definition) is 2. The molecule has 0 saturated heterocycles. The Morgan fingerprint density at radius 3 is 2.72 bits per heavy atom. The monoisotopic (exact) mass is 408 g/mol. The van der Waals surface area contributed by atoms with E-state index in [0.717, 1.165) is 35.5 Å². The molecule has 8 heteroatoms. The number of amides is 1. The first-order valence-electron chi connectivity index (χ1n) is 9.29. The van der Waals surface area contributed by atoms with Crippen molar-refractivity contribution in [2.45, 2.75) is 24.8 Å². The maximum atomic E-state index is 13.6. The van der Waals surface area contributed by atoms with E-state index in [2.05, 4.69) is 20.2 Å². The number of H-pyrrole nitrogens is 1. The molecule has 0 atom stereocenters. The molecule has 1 fully saturated rings. The van der Waals surface area contributed by atoms with Gasteiger partial charge in [-0.05, 0) is 42.7 Å². The second-order valence-corrected chi connectivity index (χ2v) is 8.06. The minimum Gasteiger partial charge on any atom is -0.328 e. The minimum absolute atomic E-state index is 0.0309. The van der Waals surface area contributed by atoms with Crippen molar-refractivity contribution in [3.05, 3.63) is 69.0 Å². The Morgan fingerprint density at radius 1 is 1.14 bits per heavy atom. The van der Waals surface area contributed by atoms with Crippen LogP contribution in [0.25, 0.3) is 11.1 Å². The Kier molecular flexibility index (Phi) is 3.14. The van der Waals surface area contributed by atoms with E-state index >= 15 is 0 Å². The number of carbonyl (C=O) groups is 1.